The van der Waals surface area contributed by atoms with Crippen molar-refractivity contribution in [1.82, 2.24) is 25.2 Å². The summed E-state index contributed by atoms with van der Waals surface area (Å²) >= 11 is 0. The van der Waals surface area contributed by atoms with Crippen LogP contribution >= 0.6 is 0 Å². The van der Waals surface area contributed by atoms with Gasteiger partial charge in [-0.1, -0.05) is 35.5 Å². The van der Waals surface area contributed by atoms with Crippen molar-refractivity contribution in [3.05, 3.63) is 77.9 Å². The van der Waals surface area contributed by atoms with Crippen LogP contribution in [-0.4, -0.2) is 45.4 Å². The highest BCUT2D eigenvalue weighted by Crippen LogP contribution is 2.25. The minimum atomic E-state index is -0.270. The molecule has 0 aliphatic carbocycles. The molecule has 144 valence electrons. The van der Waals surface area contributed by atoms with Gasteiger partial charge in [0.15, 0.2) is 5.69 Å². The van der Waals surface area contributed by atoms with Crippen LogP contribution in [0.2, 0.25) is 0 Å². The van der Waals surface area contributed by atoms with E-state index >= 15 is 0 Å². The van der Waals surface area contributed by atoms with E-state index in [4.69, 9.17) is 0 Å². The molecule has 2 heterocycles. The molecule has 4 rings (SSSR count). The lowest BCUT2D eigenvalue weighted by Gasteiger charge is -2.28. The van der Waals surface area contributed by atoms with Crippen molar-refractivity contribution in [2.45, 2.75) is 18.9 Å². The fraction of sp³-hybridized carbons (Fsp3) is 0.286. The second-order valence-electron chi connectivity index (χ2n) is 6.90. The number of halogens is 1. The van der Waals surface area contributed by atoms with Gasteiger partial charge in [0.2, 0.25) is 0 Å². The predicted octanol–water partition coefficient (Wildman–Crippen LogP) is 2.97. The third kappa shape index (κ3) is 4.09. The van der Waals surface area contributed by atoms with E-state index in [0.29, 0.717) is 6.54 Å². The summed E-state index contributed by atoms with van der Waals surface area (Å²) in [7, 11) is 0. The summed E-state index contributed by atoms with van der Waals surface area (Å²) in [4.78, 5) is 14.9. The van der Waals surface area contributed by atoms with Gasteiger partial charge in [-0.25, -0.2) is 9.07 Å². The number of nitrogens with one attached hydrogen (secondary N) is 1. The number of amides is 1. The second kappa shape index (κ2) is 8.31. The number of aromatic nitrogens is 3. The van der Waals surface area contributed by atoms with E-state index in [0.717, 1.165) is 37.2 Å². The number of hydrogen-bond donors (Lipinski definition) is 1. The van der Waals surface area contributed by atoms with Gasteiger partial charge in [0.05, 0.1) is 17.9 Å². The lowest BCUT2D eigenvalue weighted by molar-refractivity contribution is 0.0933. The normalized spacial score (nSPS) is 15.5. The van der Waals surface area contributed by atoms with Gasteiger partial charge in [0.25, 0.3) is 5.91 Å². The minimum Gasteiger partial charge on any atom is -0.349 e. The number of nitrogens with zero attached hydrogens (tertiary/aromatic N) is 4. The van der Waals surface area contributed by atoms with Gasteiger partial charge >= 0.3 is 0 Å². The highest BCUT2D eigenvalue weighted by atomic mass is 19.1. The Morgan fingerprint density at radius 2 is 1.79 bits per heavy atom. The smallest absolute Gasteiger partial charge is 0.273 e. The molecule has 1 amide bonds. The van der Waals surface area contributed by atoms with Crippen molar-refractivity contribution in [3.63, 3.8) is 0 Å². The van der Waals surface area contributed by atoms with Gasteiger partial charge in [0, 0.05) is 6.54 Å². The maximum atomic E-state index is 13.3. The van der Waals surface area contributed by atoms with Crippen molar-refractivity contribution in [1.29, 1.82) is 0 Å². The first kappa shape index (κ1) is 18.3. The van der Waals surface area contributed by atoms with Gasteiger partial charge in [-0.2, -0.15) is 0 Å². The Labute approximate surface area is 163 Å². The molecule has 1 fully saturated rings. The first-order valence-corrected chi connectivity index (χ1v) is 9.46. The zero-order valence-corrected chi connectivity index (χ0v) is 15.5. The molecule has 7 heteroatoms. The first-order valence-electron chi connectivity index (χ1n) is 9.46. The van der Waals surface area contributed by atoms with E-state index in [9.17, 15) is 9.18 Å². The van der Waals surface area contributed by atoms with E-state index < -0.39 is 0 Å². The standard InChI is InChI=1S/C21H22FN5O/c22-17-10-8-16(9-11-17)20(26-12-4-5-13-26)14-23-21(28)19-15-27(25-24-19)18-6-2-1-3-7-18/h1-3,6-11,15,20H,4-5,12-14H2,(H,23,28)/t20-/m0/s1. The number of carbonyl (C=O) groups excluding carboxylic acids is 1. The van der Waals surface area contributed by atoms with Gasteiger partial charge in [-0.3, -0.25) is 9.69 Å². The molecular formula is C21H22FN5O. The number of para-hydroxylation sites is 1. The molecule has 1 atom stereocenters. The number of benzene rings is 2. The summed E-state index contributed by atoms with van der Waals surface area (Å²) in [6, 6.07) is 16.0. The zero-order chi connectivity index (χ0) is 19.3. The topological polar surface area (TPSA) is 63.1 Å². The SMILES string of the molecule is O=C(NC[C@@H](c1ccc(F)cc1)N1CCCC1)c1cn(-c2ccccc2)nn1. The molecule has 1 aromatic heterocycles. The highest BCUT2D eigenvalue weighted by molar-refractivity contribution is 5.91. The van der Waals surface area contributed by atoms with Crippen LogP contribution in [-0.2, 0) is 0 Å². The molecule has 1 saturated heterocycles. The van der Waals surface area contributed by atoms with Crippen molar-refractivity contribution in [2.75, 3.05) is 19.6 Å². The average molecular weight is 379 g/mol. The third-order valence-corrected chi connectivity index (χ3v) is 5.04. The van der Waals surface area contributed by atoms with E-state index in [1.165, 1.54) is 12.1 Å². The monoisotopic (exact) mass is 379 g/mol. The maximum absolute atomic E-state index is 13.3. The average Bonchev–Trinajstić information content (AvgIpc) is 3.42. The quantitative estimate of drug-likeness (QED) is 0.715. The molecule has 0 bridgehead atoms. The van der Waals surface area contributed by atoms with Crippen molar-refractivity contribution in [3.8, 4) is 5.69 Å². The molecule has 0 unspecified atom stereocenters. The van der Waals surface area contributed by atoms with Crippen LogP contribution in [0.5, 0.6) is 0 Å². The summed E-state index contributed by atoms with van der Waals surface area (Å²) < 4.78 is 14.9. The lowest BCUT2D eigenvalue weighted by atomic mass is 10.1. The van der Waals surface area contributed by atoms with E-state index in [2.05, 4.69) is 20.5 Å². The number of hydrogen-bond acceptors (Lipinski definition) is 4. The molecule has 0 spiro atoms. The Morgan fingerprint density at radius 1 is 1.07 bits per heavy atom. The Hall–Kier alpha value is -3.06. The summed E-state index contributed by atoms with van der Waals surface area (Å²) in [6.45, 7) is 2.38. The summed E-state index contributed by atoms with van der Waals surface area (Å²) in [6.07, 6.45) is 3.89. The number of likely N-dealkylation sites (tertiary alicyclic amines) is 1. The third-order valence-electron chi connectivity index (χ3n) is 5.04. The zero-order valence-electron chi connectivity index (χ0n) is 15.5. The Kier molecular flexibility index (Phi) is 5.43. The molecule has 2 aromatic carbocycles. The molecular weight excluding hydrogens is 357 g/mol. The van der Waals surface area contributed by atoms with Crippen LogP contribution < -0.4 is 5.32 Å². The fourth-order valence-corrected chi connectivity index (χ4v) is 3.55. The van der Waals surface area contributed by atoms with Crippen LogP contribution in [0.1, 0.15) is 34.9 Å². The molecule has 3 aromatic rings. The van der Waals surface area contributed by atoms with Crippen LogP contribution in [0.15, 0.2) is 60.8 Å². The van der Waals surface area contributed by atoms with E-state index in [1.807, 2.05) is 30.3 Å². The molecule has 1 aliphatic heterocycles. The van der Waals surface area contributed by atoms with Gasteiger partial charge < -0.3 is 5.32 Å². The summed E-state index contributed by atoms with van der Waals surface area (Å²) in [5.74, 6) is -0.529. The van der Waals surface area contributed by atoms with Crippen molar-refractivity contribution in [2.24, 2.45) is 0 Å². The highest BCUT2D eigenvalue weighted by Gasteiger charge is 2.24. The first-order chi connectivity index (χ1) is 13.7. The fourth-order valence-electron chi connectivity index (χ4n) is 3.55. The van der Waals surface area contributed by atoms with Crippen LogP contribution in [0.25, 0.3) is 5.69 Å². The largest absolute Gasteiger partial charge is 0.349 e. The second-order valence-corrected chi connectivity index (χ2v) is 6.90. The van der Waals surface area contributed by atoms with Gasteiger partial charge in [-0.15, -0.1) is 5.10 Å². The Balaban J connectivity index is 1.45. The lowest BCUT2D eigenvalue weighted by Crippen LogP contribution is -2.37. The molecule has 6 nitrogen and oxygen atoms in total. The molecule has 1 aliphatic rings. The summed E-state index contributed by atoms with van der Waals surface area (Å²) in [5, 5.41) is 11.0. The maximum Gasteiger partial charge on any atom is 0.273 e. The van der Waals surface area contributed by atoms with Crippen LogP contribution in [0.3, 0.4) is 0 Å². The van der Waals surface area contributed by atoms with Crippen LogP contribution in [0, 0.1) is 5.82 Å². The summed E-state index contributed by atoms with van der Waals surface area (Å²) in [5.41, 5.74) is 2.11. The van der Waals surface area contributed by atoms with Crippen LogP contribution in [0.4, 0.5) is 4.39 Å². The van der Waals surface area contributed by atoms with E-state index in [-0.39, 0.29) is 23.5 Å². The van der Waals surface area contributed by atoms with Gasteiger partial charge in [-0.05, 0) is 55.8 Å². The molecule has 28 heavy (non-hydrogen) atoms. The Bertz CT molecular complexity index is 919. The molecule has 0 saturated carbocycles. The van der Waals surface area contributed by atoms with E-state index in [1.54, 1.807) is 23.0 Å². The number of rotatable bonds is 6. The predicted molar refractivity (Wildman–Crippen MR) is 104 cm³/mol. The molecule has 1 N–H and O–H groups in total. The molecule has 0 radical (unpaired) electrons. The Morgan fingerprint density at radius 3 is 2.50 bits per heavy atom. The number of carbonyl (C=O) groups is 1. The van der Waals surface area contributed by atoms with Crippen molar-refractivity contribution >= 4 is 5.91 Å². The van der Waals surface area contributed by atoms with Crippen molar-refractivity contribution < 1.29 is 9.18 Å². The minimum absolute atomic E-state index is 0.0104. The van der Waals surface area contributed by atoms with Gasteiger partial charge in [0.1, 0.15) is 5.82 Å².